The molecule has 0 saturated carbocycles. The van der Waals surface area contributed by atoms with Crippen molar-refractivity contribution in [3.05, 3.63) is 11.4 Å². The van der Waals surface area contributed by atoms with Gasteiger partial charge in [-0.15, -0.1) is 0 Å². The van der Waals surface area contributed by atoms with Crippen molar-refractivity contribution in [2.24, 2.45) is 7.05 Å². The molecule has 18 heavy (non-hydrogen) atoms. The number of aromatic nitrogens is 2. The van der Waals surface area contributed by atoms with Crippen molar-refractivity contribution in [1.82, 2.24) is 14.7 Å². The lowest BCUT2D eigenvalue weighted by atomic mass is 9.93. The summed E-state index contributed by atoms with van der Waals surface area (Å²) in [6.45, 7) is 4.69. The Morgan fingerprint density at radius 3 is 2.44 bits per heavy atom. The number of hydrogen-bond donors (Lipinski definition) is 2. The van der Waals surface area contributed by atoms with E-state index in [0.717, 1.165) is 0 Å². The van der Waals surface area contributed by atoms with Crippen LogP contribution in [-0.2, 0) is 7.05 Å². The first-order valence-electron chi connectivity index (χ1n) is 6.12. The van der Waals surface area contributed by atoms with Gasteiger partial charge in [0.25, 0.3) is 5.91 Å². The lowest BCUT2D eigenvalue weighted by molar-refractivity contribution is -0.00228. The van der Waals surface area contributed by atoms with E-state index in [-0.39, 0.29) is 5.91 Å². The van der Waals surface area contributed by atoms with Gasteiger partial charge in [0.15, 0.2) is 0 Å². The summed E-state index contributed by atoms with van der Waals surface area (Å²) in [5, 5.41) is 14.0. The zero-order chi connectivity index (χ0) is 13.5. The fourth-order valence-electron chi connectivity index (χ4n) is 2.27. The molecular formula is C12H20N4O2. The molecule has 0 unspecified atom stereocenters. The van der Waals surface area contributed by atoms with E-state index in [2.05, 4.69) is 5.10 Å². The number of likely N-dealkylation sites (tertiary alicyclic amines) is 1. The molecule has 1 aromatic rings. The van der Waals surface area contributed by atoms with Gasteiger partial charge in [-0.1, -0.05) is 0 Å². The maximum Gasteiger partial charge on any atom is 0.274 e. The molecule has 0 spiro atoms. The molecule has 2 heterocycles. The maximum atomic E-state index is 12.4. The largest absolute Gasteiger partial charge is 0.395 e. The third kappa shape index (κ3) is 2.20. The summed E-state index contributed by atoms with van der Waals surface area (Å²) < 4.78 is 1.53. The van der Waals surface area contributed by atoms with Crippen LogP contribution in [0, 0.1) is 6.92 Å². The fraction of sp³-hybridized carbons (Fsp3) is 0.667. The van der Waals surface area contributed by atoms with Crippen molar-refractivity contribution in [3.63, 3.8) is 0 Å². The van der Waals surface area contributed by atoms with E-state index in [1.165, 1.54) is 4.68 Å². The van der Waals surface area contributed by atoms with Crippen LogP contribution >= 0.6 is 0 Å². The first kappa shape index (κ1) is 12.9. The quantitative estimate of drug-likeness (QED) is 0.752. The van der Waals surface area contributed by atoms with E-state index >= 15 is 0 Å². The average Bonchev–Trinajstić information content (AvgIpc) is 2.52. The Hall–Kier alpha value is -1.56. The second-order valence-corrected chi connectivity index (χ2v) is 5.26. The normalized spacial score (nSPS) is 19.0. The van der Waals surface area contributed by atoms with Crippen LogP contribution in [0.25, 0.3) is 0 Å². The van der Waals surface area contributed by atoms with E-state index < -0.39 is 5.60 Å². The van der Waals surface area contributed by atoms with Gasteiger partial charge in [0.05, 0.1) is 17.0 Å². The van der Waals surface area contributed by atoms with Crippen LogP contribution in [-0.4, -0.2) is 44.4 Å². The first-order valence-corrected chi connectivity index (χ1v) is 6.12. The zero-order valence-corrected chi connectivity index (χ0v) is 11.1. The van der Waals surface area contributed by atoms with Gasteiger partial charge in [-0.2, -0.15) is 5.10 Å². The molecule has 3 N–H and O–H groups in total. The molecule has 1 aliphatic heterocycles. The number of rotatable bonds is 1. The van der Waals surface area contributed by atoms with Crippen LogP contribution in [0.1, 0.15) is 35.9 Å². The van der Waals surface area contributed by atoms with E-state index in [0.29, 0.717) is 43.0 Å². The highest BCUT2D eigenvalue weighted by molar-refractivity contribution is 5.98. The maximum absolute atomic E-state index is 12.4. The van der Waals surface area contributed by atoms with Gasteiger partial charge in [0.1, 0.15) is 5.69 Å². The number of anilines is 1. The predicted molar refractivity (Wildman–Crippen MR) is 68.1 cm³/mol. The number of aliphatic hydroxyl groups is 1. The van der Waals surface area contributed by atoms with Gasteiger partial charge < -0.3 is 15.7 Å². The van der Waals surface area contributed by atoms with Gasteiger partial charge in [0, 0.05) is 20.1 Å². The minimum Gasteiger partial charge on any atom is -0.395 e. The average molecular weight is 252 g/mol. The first-order chi connectivity index (χ1) is 8.32. The molecule has 1 aromatic heterocycles. The second-order valence-electron chi connectivity index (χ2n) is 5.26. The van der Waals surface area contributed by atoms with Crippen LogP contribution in [0.4, 0.5) is 5.69 Å². The number of hydrogen-bond acceptors (Lipinski definition) is 4. The lowest BCUT2D eigenvalue weighted by Crippen LogP contribution is -2.45. The second kappa shape index (κ2) is 4.28. The SMILES string of the molecule is Cc1nn(C)c(C(=O)N2CCC(C)(O)CC2)c1N. The molecule has 0 aromatic carbocycles. The molecule has 1 saturated heterocycles. The van der Waals surface area contributed by atoms with Gasteiger partial charge in [-0.05, 0) is 26.7 Å². The summed E-state index contributed by atoms with van der Waals surface area (Å²) in [5.74, 6) is -0.105. The van der Waals surface area contributed by atoms with Crippen molar-refractivity contribution in [2.45, 2.75) is 32.3 Å². The van der Waals surface area contributed by atoms with Crippen molar-refractivity contribution in [1.29, 1.82) is 0 Å². The minimum atomic E-state index is -0.662. The van der Waals surface area contributed by atoms with E-state index in [1.807, 2.05) is 0 Å². The number of nitrogens with two attached hydrogens (primary N) is 1. The number of carbonyl (C=O) groups excluding carboxylic acids is 1. The molecule has 0 aliphatic carbocycles. The van der Waals surface area contributed by atoms with Crippen LogP contribution in [0.3, 0.4) is 0 Å². The van der Waals surface area contributed by atoms with Gasteiger partial charge in [-0.25, -0.2) is 0 Å². The smallest absolute Gasteiger partial charge is 0.274 e. The summed E-state index contributed by atoms with van der Waals surface area (Å²) in [5.41, 5.74) is 6.78. The Labute approximate surface area is 106 Å². The molecule has 100 valence electrons. The molecular weight excluding hydrogens is 232 g/mol. The Morgan fingerprint density at radius 2 is 2.00 bits per heavy atom. The van der Waals surface area contributed by atoms with Crippen LogP contribution < -0.4 is 5.73 Å². The van der Waals surface area contributed by atoms with E-state index in [4.69, 9.17) is 5.73 Å². The van der Waals surface area contributed by atoms with E-state index in [9.17, 15) is 9.90 Å². The van der Waals surface area contributed by atoms with E-state index in [1.54, 1.807) is 25.8 Å². The summed E-state index contributed by atoms with van der Waals surface area (Å²) >= 11 is 0. The Bertz CT molecular complexity index is 469. The van der Waals surface area contributed by atoms with Crippen molar-refractivity contribution in [2.75, 3.05) is 18.8 Å². The van der Waals surface area contributed by atoms with Crippen molar-refractivity contribution in [3.8, 4) is 0 Å². The fourth-order valence-corrected chi connectivity index (χ4v) is 2.27. The number of carbonyl (C=O) groups is 1. The van der Waals surface area contributed by atoms with Crippen molar-refractivity contribution >= 4 is 11.6 Å². The number of nitrogens with zero attached hydrogens (tertiary/aromatic N) is 3. The third-order valence-corrected chi connectivity index (χ3v) is 3.60. The summed E-state index contributed by atoms with van der Waals surface area (Å²) in [4.78, 5) is 14.1. The highest BCUT2D eigenvalue weighted by Crippen LogP contribution is 2.24. The summed E-state index contributed by atoms with van der Waals surface area (Å²) in [6, 6.07) is 0. The molecule has 0 atom stereocenters. The monoisotopic (exact) mass is 252 g/mol. The Balaban J connectivity index is 2.18. The Kier molecular flexibility index (Phi) is 3.06. The number of nitrogen functional groups attached to an aromatic ring is 1. The summed E-state index contributed by atoms with van der Waals surface area (Å²) in [6.07, 6.45) is 1.19. The topological polar surface area (TPSA) is 84.4 Å². The van der Waals surface area contributed by atoms with Crippen molar-refractivity contribution < 1.29 is 9.90 Å². The molecule has 1 fully saturated rings. The molecule has 6 nitrogen and oxygen atoms in total. The molecule has 0 radical (unpaired) electrons. The number of aryl methyl sites for hydroxylation is 2. The van der Waals surface area contributed by atoms with Crippen LogP contribution in [0.15, 0.2) is 0 Å². The highest BCUT2D eigenvalue weighted by Gasteiger charge is 2.32. The third-order valence-electron chi connectivity index (χ3n) is 3.60. The lowest BCUT2D eigenvalue weighted by Gasteiger charge is -2.35. The zero-order valence-electron chi connectivity index (χ0n) is 11.1. The predicted octanol–water partition coefficient (Wildman–Crippen LogP) is 0.298. The number of amides is 1. The molecule has 1 aliphatic rings. The molecule has 1 amide bonds. The molecule has 6 heteroatoms. The standard InChI is InChI=1S/C12H20N4O2/c1-8-9(13)10(15(3)14-8)11(17)16-6-4-12(2,18)5-7-16/h18H,4-7,13H2,1-3H3. The van der Waals surface area contributed by atoms with Gasteiger partial charge in [-0.3, -0.25) is 9.48 Å². The molecule has 0 bridgehead atoms. The number of piperidine rings is 1. The Morgan fingerprint density at radius 1 is 1.44 bits per heavy atom. The van der Waals surface area contributed by atoms with Crippen LogP contribution in [0.2, 0.25) is 0 Å². The van der Waals surface area contributed by atoms with Gasteiger partial charge >= 0.3 is 0 Å². The summed E-state index contributed by atoms with van der Waals surface area (Å²) in [7, 11) is 1.72. The van der Waals surface area contributed by atoms with Gasteiger partial charge in [0.2, 0.25) is 0 Å². The van der Waals surface area contributed by atoms with Crippen LogP contribution in [0.5, 0.6) is 0 Å². The minimum absolute atomic E-state index is 0.105. The molecule has 2 rings (SSSR count). The highest BCUT2D eigenvalue weighted by atomic mass is 16.3.